The van der Waals surface area contributed by atoms with E-state index >= 15 is 0 Å². The molecule has 0 saturated heterocycles. The van der Waals surface area contributed by atoms with E-state index in [9.17, 15) is 0 Å². The second-order valence-electron chi connectivity index (χ2n) is 3.55. The van der Waals surface area contributed by atoms with Crippen LogP contribution >= 0.6 is 15.9 Å². The third-order valence-corrected chi connectivity index (χ3v) is 2.73. The van der Waals surface area contributed by atoms with Crippen LogP contribution in [0.15, 0.2) is 47.1 Å². The van der Waals surface area contributed by atoms with Gasteiger partial charge in [-0.15, -0.1) is 0 Å². The lowest BCUT2D eigenvalue weighted by Crippen LogP contribution is -1.95. The molecule has 1 aromatic carbocycles. The van der Waals surface area contributed by atoms with Crippen molar-refractivity contribution in [2.24, 2.45) is 0 Å². The molecule has 1 heterocycles. The van der Waals surface area contributed by atoms with Crippen molar-refractivity contribution < 1.29 is 4.74 Å². The van der Waals surface area contributed by atoms with E-state index in [1.54, 1.807) is 6.20 Å². The van der Waals surface area contributed by atoms with Gasteiger partial charge in [0.25, 0.3) is 0 Å². The molecule has 0 spiro atoms. The number of benzene rings is 1. The fraction of sp³-hybridized carbons (Fsp3) is 0.154. The smallest absolute Gasteiger partial charge is 0.138 e. The second-order valence-corrected chi connectivity index (χ2v) is 4.47. The molecule has 0 fully saturated rings. The van der Waals surface area contributed by atoms with Gasteiger partial charge in [0.15, 0.2) is 0 Å². The highest BCUT2D eigenvalue weighted by Gasteiger charge is 1.96. The van der Waals surface area contributed by atoms with Gasteiger partial charge in [-0.1, -0.05) is 28.1 Å². The molecular formula is C13H12BrNO. The Kier molecular flexibility index (Phi) is 3.57. The van der Waals surface area contributed by atoms with E-state index in [0.717, 1.165) is 21.5 Å². The van der Waals surface area contributed by atoms with Gasteiger partial charge in [0.05, 0.1) is 6.20 Å². The van der Waals surface area contributed by atoms with Crippen molar-refractivity contribution in [1.29, 1.82) is 0 Å². The lowest BCUT2D eigenvalue weighted by Gasteiger charge is -2.05. The molecule has 82 valence electrons. The van der Waals surface area contributed by atoms with Crippen molar-refractivity contribution in [2.45, 2.75) is 13.5 Å². The monoisotopic (exact) mass is 277 g/mol. The Balaban J connectivity index is 1.97. The summed E-state index contributed by atoms with van der Waals surface area (Å²) >= 11 is 3.40. The Morgan fingerprint density at radius 1 is 1.12 bits per heavy atom. The predicted molar refractivity (Wildman–Crippen MR) is 67.4 cm³/mol. The first-order chi connectivity index (χ1) is 7.74. The molecule has 2 nitrogen and oxygen atoms in total. The first kappa shape index (κ1) is 11.1. The van der Waals surface area contributed by atoms with Crippen LogP contribution in [0.25, 0.3) is 0 Å². The van der Waals surface area contributed by atoms with E-state index in [1.807, 2.05) is 43.3 Å². The molecule has 16 heavy (non-hydrogen) atoms. The maximum atomic E-state index is 5.61. The Morgan fingerprint density at radius 2 is 1.88 bits per heavy atom. The SMILES string of the molecule is Cc1ccc(OCc2ccc(Br)cc2)cn1. The van der Waals surface area contributed by atoms with Gasteiger partial charge in [0.2, 0.25) is 0 Å². The van der Waals surface area contributed by atoms with Crippen LogP contribution in [-0.4, -0.2) is 4.98 Å². The molecule has 2 aromatic rings. The Labute approximate surface area is 103 Å². The molecular weight excluding hydrogens is 266 g/mol. The van der Waals surface area contributed by atoms with E-state index in [1.165, 1.54) is 0 Å². The zero-order chi connectivity index (χ0) is 11.4. The average Bonchev–Trinajstić information content (AvgIpc) is 2.30. The van der Waals surface area contributed by atoms with Crippen molar-refractivity contribution in [3.63, 3.8) is 0 Å². The van der Waals surface area contributed by atoms with Crippen molar-refractivity contribution in [1.82, 2.24) is 4.98 Å². The summed E-state index contributed by atoms with van der Waals surface area (Å²) in [5.74, 6) is 0.800. The summed E-state index contributed by atoms with van der Waals surface area (Å²) in [7, 11) is 0. The third-order valence-electron chi connectivity index (χ3n) is 2.20. The molecule has 0 unspecified atom stereocenters. The van der Waals surface area contributed by atoms with Crippen molar-refractivity contribution in [3.8, 4) is 5.75 Å². The Morgan fingerprint density at radius 3 is 2.50 bits per heavy atom. The van der Waals surface area contributed by atoms with Crippen molar-refractivity contribution in [2.75, 3.05) is 0 Å². The first-order valence-corrected chi connectivity index (χ1v) is 5.83. The molecule has 0 atom stereocenters. The highest BCUT2D eigenvalue weighted by molar-refractivity contribution is 9.10. The van der Waals surface area contributed by atoms with E-state index in [2.05, 4.69) is 20.9 Å². The van der Waals surface area contributed by atoms with Crippen LogP contribution in [0.1, 0.15) is 11.3 Å². The van der Waals surface area contributed by atoms with Gasteiger partial charge in [0, 0.05) is 10.2 Å². The number of aromatic nitrogens is 1. The standard InChI is InChI=1S/C13H12BrNO/c1-10-2-7-13(8-15-10)16-9-11-3-5-12(14)6-4-11/h2-8H,9H2,1H3. The van der Waals surface area contributed by atoms with Crippen LogP contribution in [-0.2, 0) is 6.61 Å². The van der Waals surface area contributed by atoms with E-state index < -0.39 is 0 Å². The average molecular weight is 278 g/mol. The largest absolute Gasteiger partial charge is 0.487 e. The van der Waals surface area contributed by atoms with Gasteiger partial charge in [-0.25, -0.2) is 0 Å². The number of nitrogens with zero attached hydrogens (tertiary/aromatic N) is 1. The van der Waals surface area contributed by atoms with E-state index in [0.29, 0.717) is 6.61 Å². The number of rotatable bonds is 3. The van der Waals surface area contributed by atoms with Gasteiger partial charge in [-0.3, -0.25) is 4.98 Å². The Hall–Kier alpha value is -1.35. The summed E-state index contributed by atoms with van der Waals surface area (Å²) in [4.78, 5) is 4.17. The molecule has 1 aromatic heterocycles. The van der Waals surface area contributed by atoms with Gasteiger partial charge in [-0.2, -0.15) is 0 Å². The van der Waals surface area contributed by atoms with E-state index in [4.69, 9.17) is 4.74 Å². The van der Waals surface area contributed by atoms with Crippen LogP contribution in [0.4, 0.5) is 0 Å². The topological polar surface area (TPSA) is 22.1 Å². The van der Waals surface area contributed by atoms with Crippen LogP contribution in [0.3, 0.4) is 0 Å². The number of aryl methyl sites for hydroxylation is 1. The summed E-state index contributed by atoms with van der Waals surface area (Å²) in [6, 6.07) is 12.0. The normalized spacial score (nSPS) is 10.1. The maximum Gasteiger partial charge on any atom is 0.138 e. The van der Waals surface area contributed by atoms with E-state index in [-0.39, 0.29) is 0 Å². The summed E-state index contributed by atoms with van der Waals surface area (Å²) in [5.41, 5.74) is 2.14. The molecule has 0 N–H and O–H groups in total. The molecule has 0 saturated carbocycles. The van der Waals surface area contributed by atoms with Gasteiger partial charge in [-0.05, 0) is 36.8 Å². The number of ether oxygens (including phenoxy) is 1. The predicted octanol–water partition coefficient (Wildman–Crippen LogP) is 3.73. The fourth-order valence-corrected chi connectivity index (χ4v) is 1.55. The summed E-state index contributed by atoms with van der Waals surface area (Å²) in [5, 5.41) is 0. The minimum absolute atomic E-state index is 0.567. The molecule has 2 rings (SSSR count). The van der Waals surface area contributed by atoms with Gasteiger partial charge >= 0.3 is 0 Å². The third kappa shape index (κ3) is 3.07. The van der Waals surface area contributed by atoms with Crippen molar-refractivity contribution in [3.05, 3.63) is 58.3 Å². The molecule has 0 radical (unpaired) electrons. The Bertz CT molecular complexity index is 405. The quantitative estimate of drug-likeness (QED) is 0.853. The first-order valence-electron chi connectivity index (χ1n) is 5.04. The molecule has 0 aliphatic heterocycles. The number of pyridine rings is 1. The summed E-state index contributed by atoms with van der Waals surface area (Å²) in [6.07, 6.45) is 1.74. The molecule has 0 amide bonds. The molecule has 0 bridgehead atoms. The number of hydrogen-bond donors (Lipinski definition) is 0. The number of halogens is 1. The van der Waals surface area contributed by atoms with Crippen LogP contribution < -0.4 is 4.74 Å². The van der Waals surface area contributed by atoms with Crippen LogP contribution in [0.2, 0.25) is 0 Å². The highest BCUT2D eigenvalue weighted by atomic mass is 79.9. The fourth-order valence-electron chi connectivity index (χ4n) is 1.29. The molecule has 0 aliphatic carbocycles. The zero-order valence-electron chi connectivity index (χ0n) is 8.98. The zero-order valence-corrected chi connectivity index (χ0v) is 10.6. The molecule has 0 aliphatic rings. The minimum Gasteiger partial charge on any atom is -0.487 e. The van der Waals surface area contributed by atoms with Gasteiger partial charge < -0.3 is 4.74 Å². The van der Waals surface area contributed by atoms with Gasteiger partial charge in [0.1, 0.15) is 12.4 Å². The second kappa shape index (κ2) is 5.12. The highest BCUT2D eigenvalue weighted by Crippen LogP contribution is 2.14. The number of hydrogen-bond acceptors (Lipinski definition) is 2. The summed E-state index contributed by atoms with van der Waals surface area (Å²) < 4.78 is 6.69. The molecule has 3 heteroatoms. The minimum atomic E-state index is 0.567. The maximum absolute atomic E-state index is 5.61. The van der Waals surface area contributed by atoms with Crippen LogP contribution in [0.5, 0.6) is 5.75 Å². The lowest BCUT2D eigenvalue weighted by molar-refractivity contribution is 0.305. The summed E-state index contributed by atoms with van der Waals surface area (Å²) in [6.45, 7) is 2.52. The van der Waals surface area contributed by atoms with Crippen LogP contribution in [0, 0.1) is 6.92 Å². The van der Waals surface area contributed by atoms with Crippen molar-refractivity contribution >= 4 is 15.9 Å². The lowest BCUT2D eigenvalue weighted by atomic mass is 10.2.